The third-order valence-electron chi connectivity index (χ3n) is 4.85. The predicted octanol–water partition coefficient (Wildman–Crippen LogP) is 4.94. The maximum absolute atomic E-state index is 13.1. The molecule has 1 saturated heterocycles. The highest BCUT2D eigenvalue weighted by molar-refractivity contribution is 6.42. The van der Waals surface area contributed by atoms with Gasteiger partial charge in [0, 0.05) is 24.5 Å². The summed E-state index contributed by atoms with van der Waals surface area (Å²) in [5.41, 5.74) is 2.18. The second-order valence-electron chi connectivity index (χ2n) is 7.57. The van der Waals surface area contributed by atoms with Gasteiger partial charge in [-0.3, -0.25) is 4.90 Å². The summed E-state index contributed by atoms with van der Waals surface area (Å²) in [6.45, 7) is 2.68. The lowest BCUT2D eigenvalue weighted by Gasteiger charge is -2.24. The first-order valence-corrected chi connectivity index (χ1v) is 10.8. The van der Waals surface area contributed by atoms with E-state index in [4.69, 9.17) is 27.9 Å². The molecule has 0 unspecified atom stereocenters. The van der Waals surface area contributed by atoms with E-state index in [2.05, 4.69) is 10.2 Å². The average Bonchev–Trinajstić information content (AvgIpc) is 3.16. The van der Waals surface area contributed by atoms with Crippen LogP contribution in [0.25, 0.3) is 0 Å². The third kappa shape index (κ3) is 6.50. The molecule has 1 fully saturated rings. The van der Waals surface area contributed by atoms with Gasteiger partial charge in [-0.15, -0.1) is 0 Å². The number of nitrogens with one attached hydrogen (secondary N) is 1. The van der Waals surface area contributed by atoms with Crippen LogP contribution in [0.3, 0.4) is 0 Å². The number of urea groups is 1. The Kier molecular flexibility index (Phi) is 8.01. The second kappa shape index (κ2) is 10.7. The number of carbonyl (C=O) groups is 2. The standard InChI is InChI=1S/C22H26Cl2N4O3/c1-26(2)9-4-10-27(15-16-7-8-19(23)20(24)13-16)21(29)25-17-5-3-6-18(14-17)28-11-12-31-22(28)30/h3,5-8,13-14H,4,9-12,15H2,1-2H3,(H,25,29). The van der Waals surface area contributed by atoms with E-state index < -0.39 is 0 Å². The third-order valence-corrected chi connectivity index (χ3v) is 5.59. The minimum atomic E-state index is -0.381. The number of hydrogen-bond acceptors (Lipinski definition) is 4. The molecule has 1 heterocycles. The maximum atomic E-state index is 13.1. The summed E-state index contributed by atoms with van der Waals surface area (Å²) in [7, 11) is 4.00. The lowest BCUT2D eigenvalue weighted by Crippen LogP contribution is -2.36. The Morgan fingerprint density at radius 1 is 1.13 bits per heavy atom. The molecular weight excluding hydrogens is 439 g/mol. The Balaban J connectivity index is 1.72. The van der Waals surface area contributed by atoms with Gasteiger partial charge in [-0.1, -0.05) is 35.3 Å². The van der Waals surface area contributed by atoms with Crippen molar-refractivity contribution >= 4 is 46.7 Å². The molecule has 9 heteroatoms. The van der Waals surface area contributed by atoms with Gasteiger partial charge in [0.25, 0.3) is 0 Å². The van der Waals surface area contributed by atoms with E-state index in [0.717, 1.165) is 18.5 Å². The van der Waals surface area contributed by atoms with E-state index in [9.17, 15) is 9.59 Å². The number of ether oxygens (including phenoxy) is 1. The number of hydrogen-bond donors (Lipinski definition) is 1. The Labute approximate surface area is 192 Å². The van der Waals surface area contributed by atoms with Crippen LogP contribution in [0, 0.1) is 0 Å². The van der Waals surface area contributed by atoms with Crippen LogP contribution in [0.1, 0.15) is 12.0 Å². The van der Waals surface area contributed by atoms with Crippen molar-refractivity contribution in [1.82, 2.24) is 9.80 Å². The highest BCUT2D eigenvalue weighted by Crippen LogP contribution is 2.25. The molecule has 1 aliphatic heterocycles. The molecule has 0 radical (unpaired) electrons. The SMILES string of the molecule is CN(C)CCCN(Cc1ccc(Cl)c(Cl)c1)C(=O)Nc1cccc(N2CCOC2=O)c1. The van der Waals surface area contributed by atoms with Crippen molar-refractivity contribution < 1.29 is 14.3 Å². The topological polar surface area (TPSA) is 65.1 Å². The Morgan fingerprint density at radius 2 is 1.94 bits per heavy atom. The zero-order valence-corrected chi connectivity index (χ0v) is 19.1. The van der Waals surface area contributed by atoms with Crippen LogP contribution in [0.5, 0.6) is 0 Å². The highest BCUT2D eigenvalue weighted by atomic mass is 35.5. The lowest BCUT2D eigenvalue weighted by atomic mass is 10.2. The number of amides is 3. The molecule has 1 aliphatic rings. The molecule has 3 rings (SSSR count). The summed E-state index contributed by atoms with van der Waals surface area (Å²) in [5.74, 6) is 0. The fraction of sp³-hybridized carbons (Fsp3) is 0.364. The predicted molar refractivity (Wildman–Crippen MR) is 124 cm³/mol. The molecule has 0 atom stereocenters. The normalized spacial score (nSPS) is 13.5. The van der Waals surface area contributed by atoms with E-state index in [0.29, 0.717) is 47.7 Å². The number of benzene rings is 2. The van der Waals surface area contributed by atoms with Crippen molar-refractivity contribution in [2.75, 3.05) is 50.6 Å². The van der Waals surface area contributed by atoms with Crippen molar-refractivity contribution in [2.45, 2.75) is 13.0 Å². The van der Waals surface area contributed by atoms with E-state index in [1.165, 1.54) is 0 Å². The van der Waals surface area contributed by atoms with Crippen molar-refractivity contribution in [3.8, 4) is 0 Å². The molecule has 2 aromatic carbocycles. The average molecular weight is 465 g/mol. The molecule has 7 nitrogen and oxygen atoms in total. The summed E-state index contributed by atoms with van der Waals surface area (Å²) in [6, 6.07) is 12.3. The van der Waals surface area contributed by atoms with Crippen molar-refractivity contribution in [1.29, 1.82) is 0 Å². The van der Waals surface area contributed by atoms with Gasteiger partial charge in [0.1, 0.15) is 6.61 Å². The number of carbonyl (C=O) groups excluding carboxylic acids is 2. The fourth-order valence-corrected chi connectivity index (χ4v) is 3.59. The van der Waals surface area contributed by atoms with E-state index in [1.54, 1.807) is 40.1 Å². The molecule has 1 N–H and O–H groups in total. The van der Waals surface area contributed by atoms with Gasteiger partial charge in [0.15, 0.2) is 0 Å². The van der Waals surface area contributed by atoms with Crippen molar-refractivity contribution in [2.24, 2.45) is 0 Å². The van der Waals surface area contributed by atoms with Gasteiger partial charge in [-0.05, 0) is 63.0 Å². The minimum Gasteiger partial charge on any atom is -0.447 e. The second-order valence-corrected chi connectivity index (χ2v) is 8.39. The molecule has 0 saturated carbocycles. The monoisotopic (exact) mass is 464 g/mol. The molecule has 0 aromatic heterocycles. The van der Waals surface area contributed by atoms with Crippen LogP contribution < -0.4 is 10.2 Å². The first-order valence-electron chi connectivity index (χ1n) is 10.0. The molecule has 3 amide bonds. The first-order chi connectivity index (χ1) is 14.8. The zero-order chi connectivity index (χ0) is 22.4. The number of rotatable bonds is 8. The lowest BCUT2D eigenvalue weighted by molar-refractivity contribution is 0.181. The van der Waals surface area contributed by atoms with Crippen LogP contribution in [0.15, 0.2) is 42.5 Å². The van der Waals surface area contributed by atoms with Gasteiger partial charge < -0.3 is 19.9 Å². The molecule has 31 heavy (non-hydrogen) atoms. The zero-order valence-electron chi connectivity index (χ0n) is 17.6. The first kappa shape index (κ1) is 23.2. The molecule has 0 aliphatic carbocycles. The number of anilines is 2. The van der Waals surface area contributed by atoms with E-state index in [-0.39, 0.29) is 12.1 Å². The molecule has 0 spiro atoms. The Bertz CT molecular complexity index is 939. The van der Waals surface area contributed by atoms with Gasteiger partial charge in [-0.2, -0.15) is 0 Å². The van der Waals surface area contributed by atoms with Gasteiger partial charge in [0.2, 0.25) is 0 Å². The largest absolute Gasteiger partial charge is 0.447 e. The van der Waals surface area contributed by atoms with Crippen molar-refractivity contribution in [3.05, 3.63) is 58.1 Å². The number of cyclic esters (lactones) is 1. The van der Waals surface area contributed by atoms with Crippen LogP contribution in [0.2, 0.25) is 10.0 Å². The number of nitrogens with zero attached hydrogens (tertiary/aromatic N) is 3. The van der Waals surface area contributed by atoms with Gasteiger partial charge in [-0.25, -0.2) is 9.59 Å². The summed E-state index contributed by atoms with van der Waals surface area (Å²) in [5, 5.41) is 3.88. The summed E-state index contributed by atoms with van der Waals surface area (Å²) in [6.07, 6.45) is 0.440. The van der Waals surface area contributed by atoms with Gasteiger partial charge in [0.05, 0.1) is 16.6 Å². The van der Waals surface area contributed by atoms with E-state index >= 15 is 0 Å². The minimum absolute atomic E-state index is 0.231. The van der Waals surface area contributed by atoms with Crippen LogP contribution in [0.4, 0.5) is 21.0 Å². The molecule has 0 bridgehead atoms. The summed E-state index contributed by atoms with van der Waals surface area (Å²) < 4.78 is 4.99. The van der Waals surface area contributed by atoms with Crippen LogP contribution in [-0.4, -0.2) is 62.3 Å². The van der Waals surface area contributed by atoms with Crippen molar-refractivity contribution in [3.63, 3.8) is 0 Å². The summed E-state index contributed by atoms with van der Waals surface area (Å²) >= 11 is 12.2. The van der Waals surface area contributed by atoms with Crippen LogP contribution in [-0.2, 0) is 11.3 Å². The molecular formula is C22H26Cl2N4O3. The van der Waals surface area contributed by atoms with E-state index in [1.807, 2.05) is 26.2 Å². The maximum Gasteiger partial charge on any atom is 0.414 e. The molecule has 2 aromatic rings. The molecule has 166 valence electrons. The smallest absolute Gasteiger partial charge is 0.414 e. The van der Waals surface area contributed by atoms with Crippen LogP contribution >= 0.6 is 23.2 Å². The fourth-order valence-electron chi connectivity index (χ4n) is 3.27. The summed E-state index contributed by atoms with van der Waals surface area (Å²) in [4.78, 5) is 30.3. The number of halogens is 2. The Morgan fingerprint density at radius 3 is 2.61 bits per heavy atom. The quantitative estimate of drug-likeness (QED) is 0.600. The van der Waals surface area contributed by atoms with Gasteiger partial charge >= 0.3 is 12.1 Å². The highest BCUT2D eigenvalue weighted by Gasteiger charge is 2.24. The Hall–Kier alpha value is -2.48.